The first kappa shape index (κ1) is 20.1. The minimum Gasteiger partial charge on any atom is -0.497 e. The molecule has 0 atom stereocenters. The second-order valence-electron chi connectivity index (χ2n) is 7.13. The predicted octanol–water partition coefficient (Wildman–Crippen LogP) is 0.854. The number of nitrogens with one attached hydrogen (secondary N) is 1. The summed E-state index contributed by atoms with van der Waals surface area (Å²) in [5.41, 5.74) is 1.08. The predicted molar refractivity (Wildman–Crippen MR) is 104 cm³/mol. The van der Waals surface area contributed by atoms with Gasteiger partial charge in [-0.25, -0.2) is 8.42 Å². The van der Waals surface area contributed by atoms with Gasteiger partial charge in [-0.3, -0.25) is 4.79 Å². The first-order valence-electron chi connectivity index (χ1n) is 9.60. The van der Waals surface area contributed by atoms with Crippen molar-refractivity contribution in [2.75, 3.05) is 45.6 Å². The smallest absolute Gasteiger partial charge is 0.223 e. The van der Waals surface area contributed by atoms with E-state index in [9.17, 15) is 13.2 Å². The van der Waals surface area contributed by atoms with Crippen molar-refractivity contribution in [3.05, 3.63) is 29.8 Å². The highest BCUT2D eigenvalue weighted by Crippen LogP contribution is 2.28. The molecule has 1 saturated heterocycles. The van der Waals surface area contributed by atoms with Crippen LogP contribution in [-0.2, 0) is 21.2 Å². The number of carbonyl (C=O) groups excluding carboxylic acids is 1. The molecule has 1 aromatic rings. The van der Waals surface area contributed by atoms with Crippen LogP contribution in [0.15, 0.2) is 24.3 Å². The van der Waals surface area contributed by atoms with E-state index >= 15 is 0 Å². The number of amides is 1. The van der Waals surface area contributed by atoms with Crippen molar-refractivity contribution in [1.82, 2.24) is 14.5 Å². The molecule has 0 aromatic heterocycles. The van der Waals surface area contributed by atoms with E-state index < -0.39 is 10.0 Å². The average Bonchev–Trinajstić information content (AvgIpc) is 3.52. The van der Waals surface area contributed by atoms with Crippen molar-refractivity contribution < 1.29 is 17.9 Å². The molecule has 1 saturated carbocycles. The van der Waals surface area contributed by atoms with Gasteiger partial charge in [-0.05, 0) is 37.0 Å². The summed E-state index contributed by atoms with van der Waals surface area (Å²) < 4.78 is 31.8. The Morgan fingerprint density at radius 2 is 1.89 bits per heavy atom. The van der Waals surface area contributed by atoms with Gasteiger partial charge in [0.1, 0.15) is 5.75 Å². The Morgan fingerprint density at radius 1 is 1.22 bits per heavy atom. The summed E-state index contributed by atoms with van der Waals surface area (Å²) >= 11 is 0. The number of methoxy groups -OCH3 is 1. The maximum absolute atomic E-state index is 12.7. The fourth-order valence-electron chi connectivity index (χ4n) is 3.35. The first-order chi connectivity index (χ1) is 13.0. The van der Waals surface area contributed by atoms with E-state index in [4.69, 9.17) is 4.74 Å². The van der Waals surface area contributed by atoms with Gasteiger partial charge in [0.15, 0.2) is 0 Å². The average molecular weight is 396 g/mol. The normalized spacial score (nSPS) is 18.3. The molecule has 1 heterocycles. The largest absolute Gasteiger partial charge is 0.497 e. The van der Waals surface area contributed by atoms with Crippen LogP contribution < -0.4 is 10.1 Å². The van der Waals surface area contributed by atoms with E-state index in [0.717, 1.165) is 24.2 Å². The molecule has 3 rings (SSSR count). The number of rotatable bonds is 9. The van der Waals surface area contributed by atoms with Gasteiger partial charge in [0, 0.05) is 45.2 Å². The lowest BCUT2D eigenvalue weighted by Crippen LogP contribution is -2.48. The zero-order valence-electron chi connectivity index (χ0n) is 15.9. The van der Waals surface area contributed by atoms with Crippen molar-refractivity contribution in [2.45, 2.75) is 31.7 Å². The van der Waals surface area contributed by atoms with Crippen LogP contribution >= 0.6 is 0 Å². The monoisotopic (exact) mass is 395 g/mol. The molecule has 0 radical (unpaired) electrons. The highest BCUT2D eigenvalue weighted by Gasteiger charge is 2.34. The van der Waals surface area contributed by atoms with E-state index in [2.05, 4.69) is 5.32 Å². The van der Waals surface area contributed by atoms with Crippen LogP contribution in [-0.4, -0.2) is 75.2 Å². The number of ether oxygens (including phenoxy) is 1. The first-order valence-corrected chi connectivity index (χ1v) is 11.2. The third kappa shape index (κ3) is 5.67. The minimum atomic E-state index is -3.31. The van der Waals surface area contributed by atoms with Gasteiger partial charge in [0.25, 0.3) is 0 Å². The summed E-state index contributed by atoms with van der Waals surface area (Å²) in [6, 6.07) is 7.91. The summed E-state index contributed by atoms with van der Waals surface area (Å²) in [4.78, 5) is 14.5. The number of benzene rings is 1. The van der Waals surface area contributed by atoms with Crippen LogP contribution in [0, 0.1) is 0 Å². The number of carbonyl (C=O) groups is 1. The minimum absolute atomic E-state index is 0.0117. The Hall–Kier alpha value is -1.64. The SMILES string of the molecule is COc1ccc(CCC(=O)N(CCS(=O)(=O)N2CCNCC2)C2CC2)cc1. The summed E-state index contributed by atoms with van der Waals surface area (Å²) in [6.45, 7) is 2.69. The fourth-order valence-corrected chi connectivity index (χ4v) is 4.77. The quantitative estimate of drug-likeness (QED) is 0.671. The number of hydrogen-bond acceptors (Lipinski definition) is 5. The number of nitrogens with zero attached hydrogens (tertiary/aromatic N) is 2. The Labute approximate surface area is 161 Å². The molecule has 1 aromatic carbocycles. The lowest BCUT2D eigenvalue weighted by Gasteiger charge is -2.28. The molecule has 1 aliphatic heterocycles. The molecule has 0 bridgehead atoms. The number of piperazine rings is 1. The lowest BCUT2D eigenvalue weighted by molar-refractivity contribution is -0.131. The molecule has 7 nitrogen and oxygen atoms in total. The second-order valence-corrected chi connectivity index (χ2v) is 9.22. The number of sulfonamides is 1. The molecule has 2 fully saturated rings. The molecule has 0 spiro atoms. The molecule has 2 aliphatic rings. The van der Waals surface area contributed by atoms with E-state index in [1.165, 1.54) is 4.31 Å². The third-order valence-electron chi connectivity index (χ3n) is 5.15. The van der Waals surface area contributed by atoms with Gasteiger partial charge in [-0.1, -0.05) is 12.1 Å². The van der Waals surface area contributed by atoms with E-state index in [1.807, 2.05) is 24.3 Å². The van der Waals surface area contributed by atoms with Gasteiger partial charge in [-0.15, -0.1) is 0 Å². The van der Waals surface area contributed by atoms with Crippen LogP contribution in [0.1, 0.15) is 24.8 Å². The maximum Gasteiger partial charge on any atom is 0.223 e. The topological polar surface area (TPSA) is 79.0 Å². The van der Waals surface area contributed by atoms with Crippen molar-refractivity contribution in [3.8, 4) is 5.75 Å². The van der Waals surface area contributed by atoms with Crippen molar-refractivity contribution in [2.24, 2.45) is 0 Å². The van der Waals surface area contributed by atoms with Crippen LogP contribution in [0.2, 0.25) is 0 Å². The summed E-state index contributed by atoms with van der Waals surface area (Å²) in [7, 11) is -1.68. The molecular weight excluding hydrogens is 366 g/mol. The molecule has 1 amide bonds. The molecule has 1 aliphatic carbocycles. The van der Waals surface area contributed by atoms with Crippen LogP contribution in [0.25, 0.3) is 0 Å². The van der Waals surface area contributed by atoms with Gasteiger partial charge in [-0.2, -0.15) is 4.31 Å². The summed E-state index contributed by atoms with van der Waals surface area (Å²) in [5.74, 6) is 0.851. The highest BCUT2D eigenvalue weighted by atomic mass is 32.2. The standard InChI is InChI=1S/C19H29N3O4S/c1-26-18-7-2-16(3-8-18)4-9-19(23)22(17-5-6-17)14-15-27(24,25)21-12-10-20-11-13-21/h2-3,7-8,17,20H,4-6,9-15H2,1H3. The Morgan fingerprint density at radius 3 is 2.48 bits per heavy atom. The van der Waals surface area contributed by atoms with Crippen molar-refractivity contribution in [1.29, 1.82) is 0 Å². The molecule has 1 N–H and O–H groups in total. The van der Waals surface area contributed by atoms with E-state index in [0.29, 0.717) is 45.6 Å². The van der Waals surface area contributed by atoms with Crippen LogP contribution in [0.3, 0.4) is 0 Å². The van der Waals surface area contributed by atoms with Gasteiger partial charge in [0.05, 0.1) is 12.9 Å². The van der Waals surface area contributed by atoms with Crippen molar-refractivity contribution in [3.63, 3.8) is 0 Å². The van der Waals surface area contributed by atoms with E-state index in [1.54, 1.807) is 12.0 Å². The van der Waals surface area contributed by atoms with Gasteiger partial charge >= 0.3 is 0 Å². The second kappa shape index (κ2) is 9.03. The maximum atomic E-state index is 12.7. The van der Waals surface area contributed by atoms with Gasteiger partial charge in [0.2, 0.25) is 15.9 Å². The van der Waals surface area contributed by atoms with Gasteiger partial charge < -0.3 is 15.0 Å². The molecule has 150 valence electrons. The van der Waals surface area contributed by atoms with Crippen LogP contribution in [0.4, 0.5) is 0 Å². The third-order valence-corrected chi connectivity index (χ3v) is 7.00. The Bertz CT molecular complexity index is 726. The molecule has 27 heavy (non-hydrogen) atoms. The van der Waals surface area contributed by atoms with Crippen LogP contribution in [0.5, 0.6) is 5.75 Å². The Kier molecular flexibility index (Phi) is 6.73. The van der Waals surface area contributed by atoms with E-state index in [-0.39, 0.29) is 17.7 Å². The molecule has 8 heteroatoms. The lowest BCUT2D eigenvalue weighted by atomic mass is 10.1. The zero-order valence-corrected chi connectivity index (χ0v) is 16.7. The Balaban J connectivity index is 1.52. The molecule has 0 unspecified atom stereocenters. The number of aryl methyl sites for hydroxylation is 1. The fraction of sp³-hybridized carbons (Fsp3) is 0.632. The summed E-state index contributed by atoms with van der Waals surface area (Å²) in [5, 5.41) is 3.16. The molecular formula is C19H29N3O4S. The highest BCUT2D eigenvalue weighted by molar-refractivity contribution is 7.89. The summed E-state index contributed by atoms with van der Waals surface area (Å²) in [6.07, 6.45) is 3.00. The number of hydrogen-bond donors (Lipinski definition) is 1. The zero-order chi connectivity index (χ0) is 19.3. The van der Waals surface area contributed by atoms with Crippen molar-refractivity contribution >= 4 is 15.9 Å².